The third kappa shape index (κ3) is 4.95. The van der Waals surface area contributed by atoms with Crippen molar-refractivity contribution < 1.29 is 15.0 Å². The lowest BCUT2D eigenvalue weighted by Gasteiger charge is -2.20. The molecule has 0 unspecified atom stereocenters. The van der Waals surface area contributed by atoms with Gasteiger partial charge < -0.3 is 10.2 Å². The number of benzene rings is 2. The molecule has 0 heterocycles. The molecule has 0 saturated heterocycles. The summed E-state index contributed by atoms with van der Waals surface area (Å²) in [6, 6.07) is 12.2. The third-order valence-corrected chi connectivity index (χ3v) is 3.02. The van der Waals surface area contributed by atoms with Crippen molar-refractivity contribution in [3.63, 3.8) is 0 Å². The van der Waals surface area contributed by atoms with Gasteiger partial charge in [-0.1, -0.05) is 45.0 Å². The number of hydrogen-bond acceptors (Lipinski definition) is 3. The minimum absolute atomic E-state index is 0.0256. The highest BCUT2D eigenvalue weighted by atomic mass is 16.3. The lowest BCUT2D eigenvalue weighted by Crippen LogP contribution is -2.11. The van der Waals surface area contributed by atoms with Crippen LogP contribution in [0.1, 0.15) is 42.3 Å². The molecule has 0 radical (unpaired) electrons. The van der Waals surface area contributed by atoms with Gasteiger partial charge >= 0.3 is 0 Å². The van der Waals surface area contributed by atoms with E-state index in [9.17, 15) is 9.90 Å². The molecule has 0 aliphatic heterocycles. The average Bonchev–Trinajstić information content (AvgIpc) is 2.38. The topological polar surface area (TPSA) is 57.5 Å². The van der Waals surface area contributed by atoms with Crippen molar-refractivity contribution in [2.75, 3.05) is 0 Å². The highest BCUT2D eigenvalue weighted by Crippen LogP contribution is 2.30. The maximum absolute atomic E-state index is 10.1. The van der Waals surface area contributed by atoms with E-state index in [0.717, 1.165) is 11.1 Å². The van der Waals surface area contributed by atoms with Crippen LogP contribution in [0.3, 0.4) is 0 Å². The SMILES string of the molecule is Cc1ccc(C(C)(C)C)c(O)c1.O=Cc1ccccc1O. The summed E-state index contributed by atoms with van der Waals surface area (Å²) >= 11 is 0. The summed E-state index contributed by atoms with van der Waals surface area (Å²) < 4.78 is 0. The molecule has 0 atom stereocenters. The van der Waals surface area contributed by atoms with E-state index >= 15 is 0 Å². The standard InChI is InChI=1S/C11H16O.C7H6O2/c1-8-5-6-9(10(12)7-8)11(2,3)4;8-5-6-3-1-2-4-7(6)9/h5-7,12H,1-4H3;1-5,9H. The van der Waals surface area contributed by atoms with E-state index in [0.29, 0.717) is 17.6 Å². The Morgan fingerprint density at radius 3 is 2.00 bits per heavy atom. The first-order valence-corrected chi connectivity index (χ1v) is 6.79. The highest BCUT2D eigenvalue weighted by Gasteiger charge is 2.17. The maximum Gasteiger partial charge on any atom is 0.153 e. The van der Waals surface area contributed by atoms with E-state index in [-0.39, 0.29) is 11.2 Å². The minimum atomic E-state index is 0.0256. The summed E-state index contributed by atoms with van der Waals surface area (Å²) in [5.41, 5.74) is 2.46. The van der Waals surface area contributed by atoms with Crippen LogP contribution >= 0.6 is 0 Å². The van der Waals surface area contributed by atoms with Crippen molar-refractivity contribution in [2.45, 2.75) is 33.1 Å². The number of carbonyl (C=O) groups is 1. The molecule has 0 bridgehead atoms. The fraction of sp³-hybridized carbons (Fsp3) is 0.278. The Kier molecular flexibility index (Phi) is 5.53. The van der Waals surface area contributed by atoms with Crippen molar-refractivity contribution in [3.05, 3.63) is 59.2 Å². The number of aromatic hydroxyl groups is 2. The molecule has 3 heteroatoms. The fourth-order valence-corrected chi connectivity index (χ4v) is 1.86. The third-order valence-electron chi connectivity index (χ3n) is 3.02. The molecule has 3 nitrogen and oxygen atoms in total. The molecule has 112 valence electrons. The molecular formula is C18H22O3. The minimum Gasteiger partial charge on any atom is -0.508 e. The summed E-state index contributed by atoms with van der Waals surface area (Å²) in [4.78, 5) is 10.1. The van der Waals surface area contributed by atoms with Gasteiger partial charge in [-0.15, -0.1) is 0 Å². The number of hydrogen-bond donors (Lipinski definition) is 2. The van der Waals surface area contributed by atoms with Crippen LogP contribution in [-0.4, -0.2) is 16.5 Å². The monoisotopic (exact) mass is 286 g/mol. The van der Waals surface area contributed by atoms with Gasteiger partial charge in [0.2, 0.25) is 0 Å². The molecule has 0 spiro atoms. The fourth-order valence-electron chi connectivity index (χ4n) is 1.86. The van der Waals surface area contributed by atoms with Crippen LogP contribution in [0, 0.1) is 6.92 Å². The van der Waals surface area contributed by atoms with Gasteiger partial charge in [0.15, 0.2) is 6.29 Å². The van der Waals surface area contributed by atoms with Crippen LogP contribution in [0.2, 0.25) is 0 Å². The molecule has 0 saturated carbocycles. The van der Waals surface area contributed by atoms with Gasteiger partial charge in [-0.05, 0) is 41.7 Å². The van der Waals surface area contributed by atoms with E-state index < -0.39 is 0 Å². The largest absolute Gasteiger partial charge is 0.508 e. The molecule has 0 aliphatic rings. The van der Waals surface area contributed by atoms with Gasteiger partial charge in [0, 0.05) is 0 Å². The first-order valence-electron chi connectivity index (χ1n) is 6.79. The van der Waals surface area contributed by atoms with Gasteiger partial charge in [0.1, 0.15) is 11.5 Å². The summed E-state index contributed by atoms with van der Waals surface area (Å²) in [7, 11) is 0. The second-order valence-corrected chi connectivity index (χ2v) is 5.95. The van der Waals surface area contributed by atoms with Crippen molar-refractivity contribution in [1.82, 2.24) is 0 Å². The molecule has 0 fully saturated rings. The lowest BCUT2D eigenvalue weighted by atomic mass is 9.86. The van der Waals surface area contributed by atoms with E-state index in [2.05, 4.69) is 20.8 Å². The van der Waals surface area contributed by atoms with E-state index in [1.54, 1.807) is 24.3 Å². The molecule has 2 N–H and O–H groups in total. The maximum atomic E-state index is 10.1. The molecule has 0 aliphatic carbocycles. The molecule has 0 aromatic heterocycles. The van der Waals surface area contributed by atoms with E-state index in [1.807, 2.05) is 19.1 Å². The first-order chi connectivity index (χ1) is 9.75. The van der Waals surface area contributed by atoms with Crippen LogP contribution in [0.5, 0.6) is 11.5 Å². The van der Waals surface area contributed by atoms with Gasteiger partial charge in [-0.2, -0.15) is 0 Å². The highest BCUT2D eigenvalue weighted by molar-refractivity contribution is 5.78. The summed E-state index contributed by atoms with van der Waals surface area (Å²) in [5.74, 6) is 0.440. The van der Waals surface area contributed by atoms with Gasteiger partial charge in [-0.25, -0.2) is 0 Å². The predicted molar refractivity (Wildman–Crippen MR) is 85.0 cm³/mol. The molecule has 2 rings (SSSR count). The number of phenolic OH excluding ortho intramolecular Hbond substituents is 2. The van der Waals surface area contributed by atoms with Gasteiger partial charge in [0.05, 0.1) is 5.56 Å². The second kappa shape index (κ2) is 6.93. The van der Waals surface area contributed by atoms with Crippen molar-refractivity contribution >= 4 is 6.29 Å². The Balaban J connectivity index is 0.000000219. The average molecular weight is 286 g/mol. The number of rotatable bonds is 1. The van der Waals surface area contributed by atoms with Gasteiger partial charge in [0.25, 0.3) is 0 Å². The number of aryl methyl sites for hydroxylation is 1. The first kappa shape index (κ1) is 16.8. The van der Waals surface area contributed by atoms with Crippen molar-refractivity contribution in [1.29, 1.82) is 0 Å². The molecule has 2 aromatic rings. The van der Waals surface area contributed by atoms with E-state index in [1.165, 1.54) is 6.07 Å². The Bertz CT molecular complexity index is 610. The zero-order chi connectivity index (χ0) is 16.0. The number of aldehydes is 1. The molecular weight excluding hydrogens is 264 g/mol. The molecule has 0 amide bonds. The quantitative estimate of drug-likeness (QED) is 0.772. The molecule has 2 aromatic carbocycles. The zero-order valence-electron chi connectivity index (χ0n) is 12.9. The molecule has 21 heavy (non-hydrogen) atoms. The van der Waals surface area contributed by atoms with E-state index in [4.69, 9.17) is 5.11 Å². The van der Waals surface area contributed by atoms with Crippen molar-refractivity contribution in [3.8, 4) is 11.5 Å². The Morgan fingerprint density at radius 1 is 0.952 bits per heavy atom. The zero-order valence-corrected chi connectivity index (χ0v) is 12.9. The van der Waals surface area contributed by atoms with Crippen molar-refractivity contribution in [2.24, 2.45) is 0 Å². The van der Waals surface area contributed by atoms with Crippen LogP contribution in [0.4, 0.5) is 0 Å². The number of phenols is 2. The Hall–Kier alpha value is -2.29. The summed E-state index contributed by atoms with van der Waals surface area (Å²) in [6.45, 7) is 8.26. The predicted octanol–water partition coefficient (Wildman–Crippen LogP) is 4.20. The van der Waals surface area contributed by atoms with Crippen LogP contribution in [0.15, 0.2) is 42.5 Å². The number of carbonyl (C=O) groups excluding carboxylic acids is 1. The second-order valence-electron chi connectivity index (χ2n) is 5.95. The summed E-state index contributed by atoms with van der Waals surface area (Å²) in [6.07, 6.45) is 0.620. The summed E-state index contributed by atoms with van der Waals surface area (Å²) in [5, 5.41) is 18.5. The van der Waals surface area contributed by atoms with Gasteiger partial charge in [-0.3, -0.25) is 4.79 Å². The Labute approximate surface area is 125 Å². The van der Waals surface area contributed by atoms with Crippen LogP contribution in [-0.2, 0) is 5.41 Å². The van der Waals surface area contributed by atoms with Crippen LogP contribution in [0.25, 0.3) is 0 Å². The normalized spacial score (nSPS) is 10.5. The lowest BCUT2D eigenvalue weighted by molar-refractivity contribution is 0.112. The Morgan fingerprint density at radius 2 is 1.57 bits per heavy atom. The number of para-hydroxylation sites is 1. The van der Waals surface area contributed by atoms with Crippen LogP contribution < -0.4 is 0 Å². The smallest absolute Gasteiger partial charge is 0.153 e.